The molecule has 0 heterocycles. The molecule has 0 unspecified atom stereocenters. The smallest absolute Gasteiger partial charge is 0.410 e. The first kappa shape index (κ1) is 18.7. The molecular weight excluding hydrogens is 260 g/mol. The molecule has 0 radical (unpaired) electrons. The van der Waals surface area contributed by atoms with E-state index < -0.39 is 11.6 Å². The van der Waals surface area contributed by atoms with Gasteiger partial charge in [-0.3, -0.25) is 4.79 Å². The van der Waals surface area contributed by atoms with Gasteiger partial charge < -0.3 is 19.6 Å². The standard InChI is InChI=1S/C14H28N2O4/c1-14(2,3)20-13(19)16(5)11-7-10-15(4)9-6-8-12(17)18/h6-11H2,1-5H3,(H,17,18). The Morgan fingerprint density at radius 2 is 1.60 bits per heavy atom. The predicted molar refractivity (Wildman–Crippen MR) is 77.8 cm³/mol. The molecule has 0 atom stereocenters. The van der Waals surface area contributed by atoms with E-state index in [4.69, 9.17) is 9.84 Å². The van der Waals surface area contributed by atoms with Crippen LogP contribution in [0.2, 0.25) is 0 Å². The average Bonchev–Trinajstić information content (AvgIpc) is 2.25. The van der Waals surface area contributed by atoms with Gasteiger partial charge in [0.25, 0.3) is 0 Å². The molecule has 0 aromatic rings. The number of hydrogen-bond donors (Lipinski definition) is 1. The van der Waals surface area contributed by atoms with Gasteiger partial charge in [-0.05, 0) is 53.8 Å². The van der Waals surface area contributed by atoms with Crippen molar-refractivity contribution in [3.63, 3.8) is 0 Å². The number of nitrogens with zero attached hydrogens (tertiary/aromatic N) is 2. The number of carboxylic acid groups (broad SMARTS) is 1. The van der Waals surface area contributed by atoms with E-state index in [1.807, 2.05) is 27.8 Å². The summed E-state index contributed by atoms with van der Waals surface area (Å²) in [5, 5.41) is 8.55. The van der Waals surface area contributed by atoms with Gasteiger partial charge in [0, 0.05) is 20.0 Å². The van der Waals surface area contributed by atoms with Crippen LogP contribution in [0.4, 0.5) is 4.79 Å². The van der Waals surface area contributed by atoms with Crippen LogP contribution in [-0.4, -0.2) is 66.3 Å². The van der Waals surface area contributed by atoms with Crippen molar-refractivity contribution in [1.29, 1.82) is 0 Å². The second kappa shape index (κ2) is 8.79. The Kier molecular flexibility index (Phi) is 8.22. The fourth-order valence-corrected chi connectivity index (χ4v) is 1.62. The number of carbonyl (C=O) groups excluding carboxylic acids is 1. The van der Waals surface area contributed by atoms with Crippen molar-refractivity contribution >= 4 is 12.1 Å². The Balaban J connectivity index is 3.77. The number of ether oxygens (including phenoxy) is 1. The fourth-order valence-electron chi connectivity index (χ4n) is 1.62. The predicted octanol–water partition coefficient (Wildman–Crippen LogP) is 2.04. The Hall–Kier alpha value is -1.30. The van der Waals surface area contributed by atoms with E-state index in [9.17, 15) is 9.59 Å². The minimum Gasteiger partial charge on any atom is -0.481 e. The van der Waals surface area contributed by atoms with Gasteiger partial charge in [-0.2, -0.15) is 0 Å². The summed E-state index contributed by atoms with van der Waals surface area (Å²) in [5.41, 5.74) is -0.473. The lowest BCUT2D eigenvalue weighted by molar-refractivity contribution is -0.137. The Labute approximate surface area is 121 Å². The molecule has 0 saturated carbocycles. The Morgan fingerprint density at radius 1 is 1.05 bits per heavy atom. The Bertz CT molecular complexity index is 313. The summed E-state index contributed by atoms with van der Waals surface area (Å²) >= 11 is 0. The summed E-state index contributed by atoms with van der Waals surface area (Å²) < 4.78 is 5.26. The molecule has 20 heavy (non-hydrogen) atoms. The van der Waals surface area contributed by atoms with Crippen LogP contribution in [0.15, 0.2) is 0 Å². The molecule has 0 bridgehead atoms. The third kappa shape index (κ3) is 10.6. The number of rotatable bonds is 8. The van der Waals surface area contributed by atoms with Crippen LogP contribution < -0.4 is 0 Å². The summed E-state index contributed by atoms with van der Waals surface area (Å²) in [4.78, 5) is 25.7. The van der Waals surface area contributed by atoms with Crippen LogP contribution in [0.3, 0.4) is 0 Å². The third-order valence-electron chi connectivity index (χ3n) is 2.67. The number of carboxylic acids is 1. The highest BCUT2D eigenvalue weighted by Gasteiger charge is 2.19. The third-order valence-corrected chi connectivity index (χ3v) is 2.67. The highest BCUT2D eigenvalue weighted by atomic mass is 16.6. The second-order valence-electron chi connectivity index (χ2n) is 6.06. The molecule has 1 amide bonds. The SMILES string of the molecule is CN(CCCC(=O)O)CCCN(C)C(=O)OC(C)(C)C. The first-order valence-electron chi connectivity index (χ1n) is 6.96. The molecule has 0 rings (SSSR count). The van der Waals surface area contributed by atoms with Crippen LogP contribution in [0.1, 0.15) is 40.0 Å². The quantitative estimate of drug-likeness (QED) is 0.740. The molecule has 0 aliphatic carbocycles. The van der Waals surface area contributed by atoms with Crippen molar-refractivity contribution in [1.82, 2.24) is 9.80 Å². The maximum absolute atomic E-state index is 11.7. The number of aliphatic carboxylic acids is 1. The monoisotopic (exact) mass is 288 g/mol. The van der Waals surface area contributed by atoms with Crippen LogP contribution in [0, 0.1) is 0 Å². The number of amides is 1. The van der Waals surface area contributed by atoms with Gasteiger partial charge in [-0.25, -0.2) is 4.79 Å². The minimum absolute atomic E-state index is 0.197. The first-order chi connectivity index (χ1) is 9.11. The van der Waals surface area contributed by atoms with Gasteiger partial charge in [0.05, 0.1) is 0 Å². The molecule has 0 saturated heterocycles. The van der Waals surface area contributed by atoms with Gasteiger partial charge in [-0.15, -0.1) is 0 Å². The highest BCUT2D eigenvalue weighted by Crippen LogP contribution is 2.09. The van der Waals surface area contributed by atoms with E-state index in [0.717, 1.165) is 19.5 Å². The van der Waals surface area contributed by atoms with Crippen molar-refractivity contribution in [2.75, 3.05) is 33.7 Å². The molecule has 0 aromatic carbocycles. The molecule has 0 fully saturated rings. The maximum atomic E-state index is 11.7. The minimum atomic E-state index is -0.761. The van der Waals surface area contributed by atoms with E-state index in [1.165, 1.54) is 0 Å². The van der Waals surface area contributed by atoms with E-state index in [0.29, 0.717) is 13.0 Å². The van der Waals surface area contributed by atoms with Gasteiger partial charge in [0.15, 0.2) is 0 Å². The van der Waals surface area contributed by atoms with Gasteiger partial charge in [-0.1, -0.05) is 0 Å². The fraction of sp³-hybridized carbons (Fsp3) is 0.857. The molecule has 6 heteroatoms. The van der Waals surface area contributed by atoms with Crippen molar-refractivity contribution in [2.45, 2.75) is 45.6 Å². The summed E-state index contributed by atoms with van der Waals surface area (Å²) in [6.07, 6.45) is 1.36. The van der Waals surface area contributed by atoms with Gasteiger partial charge in [0.2, 0.25) is 0 Å². The van der Waals surface area contributed by atoms with Gasteiger partial charge >= 0.3 is 12.1 Å². The van der Waals surface area contributed by atoms with Crippen molar-refractivity contribution < 1.29 is 19.4 Å². The zero-order chi connectivity index (χ0) is 15.8. The van der Waals surface area contributed by atoms with Crippen LogP contribution >= 0.6 is 0 Å². The van der Waals surface area contributed by atoms with E-state index in [1.54, 1.807) is 11.9 Å². The molecule has 0 aromatic heterocycles. The molecule has 0 aliphatic heterocycles. The number of hydrogen-bond acceptors (Lipinski definition) is 4. The zero-order valence-corrected chi connectivity index (χ0v) is 13.3. The topological polar surface area (TPSA) is 70.1 Å². The molecule has 118 valence electrons. The molecule has 0 aliphatic rings. The molecule has 6 nitrogen and oxygen atoms in total. The summed E-state index contributed by atoms with van der Waals surface area (Å²) in [7, 11) is 3.67. The molecular formula is C14H28N2O4. The summed E-state index contributed by atoms with van der Waals surface area (Å²) in [5.74, 6) is -0.761. The molecule has 1 N–H and O–H groups in total. The normalized spacial score (nSPS) is 11.5. The van der Waals surface area contributed by atoms with E-state index >= 15 is 0 Å². The lowest BCUT2D eigenvalue weighted by Gasteiger charge is -2.25. The van der Waals surface area contributed by atoms with Crippen molar-refractivity contribution in [3.05, 3.63) is 0 Å². The Morgan fingerprint density at radius 3 is 2.10 bits per heavy atom. The lowest BCUT2D eigenvalue weighted by Crippen LogP contribution is -2.35. The average molecular weight is 288 g/mol. The van der Waals surface area contributed by atoms with Crippen molar-refractivity contribution in [2.24, 2.45) is 0 Å². The van der Waals surface area contributed by atoms with Crippen molar-refractivity contribution in [3.8, 4) is 0 Å². The van der Waals surface area contributed by atoms with Crippen LogP contribution in [0.25, 0.3) is 0 Å². The first-order valence-corrected chi connectivity index (χ1v) is 6.96. The zero-order valence-electron chi connectivity index (χ0n) is 13.3. The maximum Gasteiger partial charge on any atom is 0.410 e. The van der Waals surface area contributed by atoms with E-state index in [-0.39, 0.29) is 12.5 Å². The second-order valence-corrected chi connectivity index (χ2v) is 6.06. The van der Waals surface area contributed by atoms with Crippen LogP contribution in [-0.2, 0) is 9.53 Å². The highest BCUT2D eigenvalue weighted by molar-refractivity contribution is 5.67. The molecule has 0 spiro atoms. The largest absolute Gasteiger partial charge is 0.481 e. The van der Waals surface area contributed by atoms with Crippen LogP contribution in [0.5, 0.6) is 0 Å². The number of carbonyl (C=O) groups is 2. The summed E-state index contributed by atoms with van der Waals surface area (Å²) in [6.45, 7) is 7.73. The van der Waals surface area contributed by atoms with Gasteiger partial charge in [0.1, 0.15) is 5.60 Å². The van der Waals surface area contributed by atoms with E-state index in [2.05, 4.69) is 4.90 Å². The lowest BCUT2D eigenvalue weighted by atomic mass is 10.2. The summed E-state index contributed by atoms with van der Waals surface area (Å²) in [6, 6.07) is 0.